The van der Waals surface area contributed by atoms with Crippen LogP contribution in [0.25, 0.3) is 0 Å². The van der Waals surface area contributed by atoms with E-state index in [9.17, 15) is 19.5 Å². The standard InChI is InChI=1S/C25H25N3O7/c1-4-33-22(31)18-19(35-21(30)17-13-9-6-10-14-17)20(29)27-23(26-18)25(2,3)28-24(32)34-15-16-11-7-5-8-12-16/h5-7,9-11,13-14,20,29H,4,15H2,1-3H3,(H,26,27)(H,28,32). The molecule has 3 rings (SSSR count). The molecule has 2 aromatic carbocycles. The summed E-state index contributed by atoms with van der Waals surface area (Å²) in [5.74, 6) is -2.07. The van der Waals surface area contributed by atoms with Gasteiger partial charge in [-0.3, -0.25) is 0 Å². The summed E-state index contributed by atoms with van der Waals surface area (Å²) in [6, 6.07) is 18.8. The smallest absolute Gasteiger partial charge is 0.408 e. The number of ether oxygens (including phenoxy) is 3. The van der Waals surface area contributed by atoms with Crippen LogP contribution in [0.4, 0.5) is 4.79 Å². The quantitative estimate of drug-likeness (QED) is 0.388. The van der Waals surface area contributed by atoms with Gasteiger partial charge in [-0.05, 0) is 45.0 Å². The van der Waals surface area contributed by atoms with Crippen LogP contribution in [0.3, 0.4) is 0 Å². The number of benzene rings is 1. The zero-order chi connectivity index (χ0) is 25.4. The molecular formula is C25H25N3O7. The van der Waals surface area contributed by atoms with Gasteiger partial charge in [0.2, 0.25) is 6.23 Å². The fourth-order valence-electron chi connectivity index (χ4n) is 3.00. The molecule has 0 aromatic heterocycles. The highest BCUT2D eigenvalue weighted by Crippen LogP contribution is 2.22. The summed E-state index contributed by atoms with van der Waals surface area (Å²) in [6.07, 6.45) is -2.49. The van der Waals surface area contributed by atoms with Crippen LogP contribution in [0.2, 0.25) is 0 Å². The van der Waals surface area contributed by atoms with Gasteiger partial charge < -0.3 is 30.0 Å². The number of alkyl carbamates (subject to hydrolysis) is 1. The molecule has 10 heteroatoms. The van der Waals surface area contributed by atoms with Gasteiger partial charge >= 0.3 is 18.0 Å². The maximum atomic E-state index is 12.6. The lowest BCUT2D eigenvalue weighted by molar-refractivity contribution is -0.139. The van der Waals surface area contributed by atoms with E-state index in [-0.39, 0.29) is 30.3 Å². The summed E-state index contributed by atoms with van der Waals surface area (Å²) in [6.45, 7) is 4.77. The number of aliphatic hydroxyl groups is 1. The number of nitrogens with one attached hydrogen (secondary N) is 2. The van der Waals surface area contributed by atoms with Crippen molar-refractivity contribution in [2.45, 2.75) is 39.1 Å². The minimum atomic E-state index is -1.72. The SMILES string of the molecule is CCOC(=O)C1=C(OC(=O)c2ccccc2)C(O)N=C(C(C)(C)NC(=O)OCc2c#cccc2)N1. The van der Waals surface area contributed by atoms with Gasteiger partial charge in [-0.25, -0.2) is 19.4 Å². The molecule has 2 aromatic rings. The molecule has 182 valence electrons. The number of rotatable bonds is 8. The number of nitrogens with zero attached hydrogens (tertiary/aromatic N) is 1. The Morgan fingerprint density at radius 3 is 2.51 bits per heavy atom. The number of amidine groups is 1. The van der Waals surface area contributed by atoms with Crippen molar-refractivity contribution >= 4 is 23.9 Å². The average Bonchev–Trinajstić information content (AvgIpc) is 2.84. The predicted molar refractivity (Wildman–Crippen MR) is 124 cm³/mol. The van der Waals surface area contributed by atoms with Crippen LogP contribution in [-0.2, 0) is 25.6 Å². The normalized spacial score (nSPS) is 15.2. The molecule has 1 heterocycles. The van der Waals surface area contributed by atoms with Gasteiger partial charge in [0.1, 0.15) is 12.4 Å². The van der Waals surface area contributed by atoms with E-state index in [1.807, 2.05) is 0 Å². The van der Waals surface area contributed by atoms with Gasteiger partial charge in [0.15, 0.2) is 11.5 Å². The van der Waals surface area contributed by atoms with Crippen LogP contribution in [-0.4, -0.2) is 47.3 Å². The Morgan fingerprint density at radius 2 is 1.86 bits per heavy atom. The number of aliphatic imine (C=N–C) groups is 1. The first-order valence-electron chi connectivity index (χ1n) is 10.8. The summed E-state index contributed by atoms with van der Waals surface area (Å²) in [5.41, 5.74) is -0.701. The molecule has 0 saturated heterocycles. The Kier molecular flexibility index (Phi) is 8.07. The molecule has 35 heavy (non-hydrogen) atoms. The Morgan fingerprint density at radius 1 is 1.11 bits per heavy atom. The van der Waals surface area contributed by atoms with Gasteiger partial charge in [-0.2, -0.15) is 0 Å². The molecule has 1 atom stereocenters. The van der Waals surface area contributed by atoms with Crippen molar-refractivity contribution in [3.05, 3.63) is 83.2 Å². The van der Waals surface area contributed by atoms with Crippen molar-refractivity contribution < 1.29 is 33.7 Å². The third-order valence-corrected chi connectivity index (χ3v) is 4.74. The number of esters is 2. The molecule has 1 amide bonds. The van der Waals surface area contributed by atoms with Crippen LogP contribution in [0.1, 0.15) is 36.7 Å². The second-order valence-corrected chi connectivity index (χ2v) is 7.84. The molecule has 0 bridgehead atoms. The van der Waals surface area contributed by atoms with Crippen molar-refractivity contribution in [3.8, 4) is 0 Å². The maximum Gasteiger partial charge on any atom is 0.408 e. The summed E-state index contributed by atoms with van der Waals surface area (Å²) in [7, 11) is 0. The van der Waals surface area contributed by atoms with Crippen LogP contribution in [0.5, 0.6) is 0 Å². The lowest BCUT2D eigenvalue weighted by atomic mass is 10.0. The zero-order valence-electron chi connectivity index (χ0n) is 19.5. The summed E-state index contributed by atoms with van der Waals surface area (Å²) >= 11 is 0. The Bertz CT molecular complexity index is 1130. The van der Waals surface area contributed by atoms with Crippen molar-refractivity contribution in [3.63, 3.8) is 0 Å². The average molecular weight is 479 g/mol. The van der Waals surface area contributed by atoms with Gasteiger partial charge in [0.05, 0.1) is 17.7 Å². The van der Waals surface area contributed by atoms with Gasteiger partial charge in [0, 0.05) is 5.56 Å². The molecule has 0 radical (unpaired) electrons. The van der Waals surface area contributed by atoms with E-state index < -0.39 is 35.6 Å². The van der Waals surface area contributed by atoms with Gasteiger partial charge in [-0.1, -0.05) is 36.4 Å². The molecule has 1 aliphatic rings. The Hall–Kier alpha value is -4.36. The van der Waals surface area contributed by atoms with Crippen LogP contribution in [0.15, 0.2) is 65.0 Å². The second kappa shape index (κ2) is 11.2. The number of aliphatic hydroxyl groups excluding tert-OH is 1. The molecule has 0 fully saturated rings. The van der Waals surface area contributed by atoms with Crippen LogP contribution < -0.4 is 10.6 Å². The summed E-state index contributed by atoms with van der Waals surface area (Å²) in [5, 5.41) is 16.0. The molecule has 3 N–H and O–H groups in total. The topological polar surface area (TPSA) is 136 Å². The third-order valence-electron chi connectivity index (χ3n) is 4.74. The van der Waals surface area contributed by atoms with E-state index in [4.69, 9.17) is 14.2 Å². The van der Waals surface area contributed by atoms with Crippen molar-refractivity contribution in [2.75, 3.05) is 6.61 Å². The highest BCUT2D eigenvalue weighted by molar-refractivity contribution is 6.02. The minimum Gasteiger partial charge on any atom is -0.461 e. The molecule has 0 aliphatic carbocycles. The Labute approximate surface area is 202 Å². The maximum absolute atomic E-state index is 12.6. The Balaban J connectivity index is 1.76. The summed E-state index contributed by atoms with van der Waals surface area (Å²) in [4.78, 5) is 41.6. The summed E-state index contributed by atoms with van der Waals surface area (Å²) < 4.78 is 15.5. The van der Waals surface area contributed by atoms with Gasteiger partial charge in [0.25, 0.3) is 0 Å². The number of carbonyl (C=O) groups excluding carboxylic acids is 3. The molecule has 0 saturated carbocycles. The third kappa shape index (κ3) is 6.59. The first-order chi connectivity index (χ1) is 16.7. The number of carbonyl (C=O) groups is 3. The van der Waals surface area contributed by atoms with Crippen molar-refractivity contribution in [1.82, 2.24) is 10.6 Å². The van der Waals surface area contributed by atoms with E-state index in [2.05, 4.69) is 27.8 Å². The lowest BCUT2D eigenvalue weighted by Crippen LogP contribution is -2.57. The van der Waals surface area contributed by atoms with Crippen molar-refractivity contribution in [1.29, 1.82) is 0 Å². The fraction of sp³-hybridized carbons (Fsp3) is 0.280. The first-order valence-corrected chi connectivity index (χ1v) is 10.8. The van der Waals surface area contributed by atoms with E-state index in [0.29, 0.717) is 5.56 Å². The predicted octanol–water partition coefficient (Wildman–Crippen LogP) is 2.24. The first kappa shape index (κ1) is 25.3. The lowest BCUT2D eigenvalue weighted by Gasteiger charge is -2.32. The van der Waals surface area contributed by atoms with Crippen LogP contribution >= 0.6 is 0 Å². The highest BCUT2D eigenvalue weighted by atomic mass is 16.6. The van der Waals surface area contributed by atoms with E-state index in [1.54, 1.807) is 57.2 Å². The molecular weight excluding hydrogens is 454 g/mol. The highest BCUT2D eigenvalue weighted by Gasteiger charge is 2.38. The van der Waals surface area contributed by atoms with E-state index >= 15 is 0 Å². The van der Waals surface area contributed by atoms with Gasteiger partial charge in [-0.15, -0.1) is 0 Å². The monoisotopic (exact) mass is 479 g/mol. The number of amides is 1. The van der Waals surface area contributed by atoms with Crippen LogP contribution in [0, 0.1) is 12.1 Å². The number of hydrogen-bond acceptors (Lipinski definition) is 9. The molecule has 10 nitrogen and oxygen atoms in total. The molecule has 1 unspecified atom stereocenters. The molecule has 0 spiro atoms. The van der Waals surface area contributed by atoms with Crippen molar-refractivity contribution in [2.24, 2.45) is 4.99 Å². The van der Waals surface area contributed by atoms with E-state index in [0.717, 1.165) is 0 Å². The fourth-order valence-corrected chi connectivity index (χ4v) is 3.00. The van der Waals surface area contributed by atoms with E-state index in [1.165, 1.54) is 12.1 Å². The minimum absolute atomic E-state index is 0.0177. The molecule has 1 aliphatic heterocycles. The second-order valence-electron chi connectivity index (χ2n) is 7.84. The zero-order valence-corrected chi connectivity index (χ0v) is 19.5. The number of hydrogen-bond donors (Lipinski definition) is 3. The largest absolute Gasteiger partial charge is 0.461 e.